The van der Waals surface area contributed by atoms with Crippen LogP contribution < -0.4 is 0 Å². The monoisotopic (exact) mass is 307 g/mol. The first-order chi connectivity index (χ1) is 9.90. The van der Waals surface area contributed by atoms with E-state index >= 15 is 0 Å². The molecule has 0 spiro atoms. The van der Waals surface area contributed by atoms with Gasteiger partial charge in [-0.2, -0.15) is 5.10 Å². The molecule has 0 radical (unpaired) electrons. The molecule has 0 aliphatic carbocycles. The lowest BCUT2D eigenvalue weighted by Gasteiger charge is -2.19. The maximum absolute atomic E-state index is 12.5. The summed E-state index contributed by atoms with van der Waals surface area (Å²) in [6.07, 6.45) is 1.67. The normalized spacial score (nSPS) is 12.1. The van der Waals surface area contributed by atoms with E-state index in [1.54, 1.807) is 31.9 Å². The van der Waals surface area contributed by atoms with Crippen LogP contribution in [-0.4, -0.2) is 45.3 Å². The first kappa shape index (κ1) is 15.2. The van der Waals surface area contributed by atoms with E-state index in [1.807, 2.05) is 17.5 Å². The number of carboxylic acid groups (broad SMARTS) is 1. The van der Waals surface area contributed by atoms with Crippen LogP contribution in [0.2, 0.25) is 0 Å². The summed E-state index contributed by atoms with van der Waals surface area (Å²) in [5, 5.41) is 15.2. The topological polar surface area (TPSA) is 75.4 Å². The van der Waals surface area contributed by atoms with Gasteiger partial charge in [-0.1, -0.05) is 13.0 Å². The maximum Gasteiger partial charge on any atom is 0.308 e. The molecule has 7 heteroatoms. The van der Waals surface area contributed by atoms with E-state index in [1.165, 1.54) is 16.2 Å². The number of aromatic nitrogens is 2. The first-order valence-corrected chi connectivity index (χ1v) is 7.34. The van der Waals surface area contributed by atoms with Crippen LogP contribution in [0.3, 0.4) is 0 Å². The minimum absolute atomic E-state index is 0.160. The van der Waals surface area contributed by atoms with Crippen LogP contribution >= 0.6 is 11.3 Å². The highest BCUT2D eigenvalue weighted by Crippen LogP contribution is 2.27. The Bertz CT molecular complexity index is 648. The van der Waals surface area contributed by atoms with Gasteiger partial charge >= 0.3 is 5.97 Å². The molecule has 6 nitrogen and oxygen atoms in total. The predicted octanol–water partition coefficient (Wildman–Crippen LogP) is 1.94. The molecule has 2 rings (SSSR count). The molecule has 2 aromatic heterocycles. The molecular weight excluding hydrogens is 290 g/mol. The highest BCUT2D eigenvalue weighted by molar-refractivity contribution is 7.13. The highest BCUT2D eigenvalue weighted by atomic mass is 32.1. The molecule has 0 saturated carbocycles. The van der Waals surface area contributed by atoms with Crippen molar-refractivity contribution in [1.29, 1.82) is 0 Å². The van der Waals surface area contributed by atoms with E-state index in [9.17, 15) is 9.59 Å². The molecule has 0 bridgehead atoms. The molecule has 0 saturated heterocycles. The van der Waals surface area contributed by atoms with E-state index in [-0.39, 0.29) is 12.5 Å². The molecule has 0 fully saturated rings. The van der Waals surface area contributed by atoms with Crippen molar-refractivity contribution in [3.8, 4) is 10.6 Å². The van der Waals surface area contributed by atoms with Gasteiger partial charge in [-0.25, -0.2) is 0 Å². The van der Waals surface area contributed by atoms with Gasteiger partial charge in [0.2, 0.25) is 0 Å². The van der Waals surface area contributed by atoms with E-state index < -0.39 is 11.9 Å². The first-order valence-electron chi connectivity index (χ1n) is 6.46. The molecule has 21 heavy (non-hydrogen) atoms. The van der Waals surface area contributed by atoms with Crippen molar-refractivity contribution in [3.05, 3.63) is 29.3 Å². The quantitative estimate of drug-likeness (QED) is 0.916. The number of hydrogen-bond acceptors (Lipinski definition) is 4. The number of aliphatic carboxylic acids is 1. The van der Waals surface area contributed by atoms with Gasteiger partial charge < -0.3 is 10.0 Å². The molecule has 2 heterocycles. The fourth-order valence-corrected chi connectivity index (χ4v) is 2.74. The number of rotatable bonds is 5. The smallest absolute Gasteiger partial charge is 0.308 e. The van der Waals surface area contributed by atoms with Crippen molar-refractivity contribution in [3.63, 3.8) is 0 Å². The minimum atomic E-state index is -0.917. The summed E-state index contributed by atoms with van der Waals surface area (Å²) in [4.78, 5) is 25.8. The summed E-state index contributed by atoms with van der Waals surface area (Å²) in [7, 11) is 3.36. The number of amides is 1. The third-order valence-corrected chi connectivity index (χ3v) is 4.01. The van der Waals surface area contributed by atoms with Gasteiger partial charge in [-0.3, -0.25) is 14.3 Å². The van der Waals surface area contributed by atoms with Crippen molar-refractivity contribution < 1.29 is 14.7 Å². The summed E-state index contributed by atoms with van der Waals surface area (Å²) in [5.41, 5.74) is 1.12. The lowest BCUT2D eigenvalue weighted by Crippen LogP contribution is -2.33. The summed E-state index contributed by atoms with van der Waals surface area (Å²) in [6, 6.07) is 3.81. The number of carbonyl (C=O) groups is 2. The number of carbonyl (C=O) groups excluding carboxylic acids is 1. The molecule has 0 aliphatic rings. The van der Waals surface area contributed by atoms with Crippen LogP contribution in [0.25, 0.3) is 10.6 Å². The zero-order valence-electron chi connectivity index (χ0n) is 12.1. The number of nitrogens with zero attached hydrogens (tertiary/aromatic N) is 3. The van der Waals surface area contributed by atoms with Crippen molar-refractivity contribution in [2.45, 2.75) is 6.92 Å². The van der Waals surface area contributed by atoms with Crippen LogP contribution in [0, 0.1) is 5.92 Å². The van der Waals surface area contributed by atoms with Gasteiger partial charge in [0.1, 0.15) is 5.69 Å². The van der Waals surface area contributed by atoms with Crippen LogP contribution in [0.4, 0.5) is 0 Å². The second kappa shape index (κ2) is 6.09. The highest BCUT2D eigenvalue weighted by Gasteiger charge is 2.23. The Kier molecular flexibility index (Phi) is 4.42. The second-order valence-corrected chi connectivity index (χ2v) is 5.92. The van der Waals surface area contributed by atoms with E-state index in [2.05, 4.69) is 5.10 Å². The van der Waals surface area contributed by atoms with Gasteiger partial charge in [0.25, 0.3) is 5.91 Å². The van der Waals surface area contributed by atoms with Crippen molar-refractivity contribution >= 4 is 23.2 Å². The maximum atomic E-state index is 12.5. The number of hydrogen-bond donors (Lipinski definition) is 1. The molecule has 1 amide bonds. The van der Waals surface area contributed by atoms with Crippen LogP contribution in [-0.2, 0) is 11.8 Å². The van der Waals surface area contributed by atoms with E-state index in [4.69, 9.17) is 5.11 Å². The molecule has 0 aromatic carbocycles. The SMILES string of the molecule is CC(CN(C)C(=O)c1cn(C)nc1-c1cccs1)C(=O)O. The Morgan fingerprint density at radius 2 is 2.24 bits per heavy atom. The minimum Gasteiger partial charge on any atom is -0.481 e. The summed E-state index contributed by atoms with van der Waals surface area (Å²) in [6.45, 7) is 1.74. The standard InChI is InChI=1S/C14H17N3O3S/c1-9(14(19)20)7-16(2)13(18)10-8-17(3)15-12(10)11-5-4-6-21-11/h4-6,8-9H,7H2,1-3H3,(H,19,20). The van der Waals surface area contributed by atoms with Crippen molar-refractivity contribution in [1.82, 2.24) is 14.7 Å². The molecular formula is C14H17N3O3S. The molecule has 112 valence electrons. The van der Waals surface area contributed by atoms with Gasteiger partial charge in [-0.05, 0) is 11.4 Å². The number of thiophene rings is 1. The molecule has 0 aliphatic heterocycles. The molecule has 1 N–H and O–H groups in total. The van der Waals surface area contributed by atoms with Crippen LogP contribution in [0.5, 0.6) is 0 Å². The van der Waals surface area contributed by atoms with Crippen molar-refractivity contribution in [2.24, 2.45) is 13.0 Å². The molecule has 1 unspecified atom stereocenters. The zero-order valence-corrected chi connectivity index (χ0v) is 12.9. The van der Waals surface area contributed by atoms with Gasteiger partial charge in [0, 0.05) is 26.8 Å². The average molecular weight is 307 g/mol. The van der Waals surface area contributed by atoms with E-state index in [0.29, 0.717) is 11.3 Å². The van der Waals surface area contributed by atoms with Crippen molar-refractivity contribution in [2.75, 3.05) is 13.6 Å². The fourth-order valence-electron chi connectivity index (χ4n) is 2.02. The Hall–Kier alpha value is -2.15. The Morgan fingerprint density at radius 1 is 1.52 bits per heavy atom. The second-order valence-electron chi connectivity index (χ2n) is 4.97. The Morgan fingerprint density at radius 3 is 2.81 bits per heavy atom. The Labute approximate surface area is 126 Å². The molecule has 2 aromatic rings. The molecule has 1 atom stereocenters. The third-order valence-electron chi connectivity index (χ3n) is 3.13. The number of aryl methyl sites for hydroxylation is 1. The number of carboxylic acids is 1. The van der Waals surface area contributed by atoms with Gasteiger partial charge in [-0.15, -0.1) is 11.3 Å². The summed E-state index contributed by atoms with van der Waals surface area (Å²) < 4.78 is 1.59. The lowest BCUT2D eigenvalue weighted by atomic mass is 10.1. The van der Waals surface area contributed by atoms with E-state index in [0.717, 1.165) is 4.88 Å². The third kappa shape index (κ3) is 3.30. The van der Waals surface area contributed by atoms with Gasteiger partial charge in [0.05, 0.1) is 16.4 Å². The fraction of sp³-hybridized carbons (Fsp3) is 0.357. The zero-order chi connectivity index (χ0) is 15.6. The summed E-state index contributed by atoms with van der Waals surface area (Å²) in [5.74, 6) is -1.75. The average Bonchev–Trinajstić information content (AvgIpc) is 3.06. The lowest BCUT2D eigenvalue weighted by molar-refractivity contribution is -0.141. The Balaban J connectivity index is 2.25. The largest absolute Gasteiger partial charge is 0.481 e. The summed E-state index contributed by atoms with van der Waals surface area (Å²) >= 11 is 1.51. The van der Waals surface area contributed by atoms with Gasteiger partial charge in [0.15, 0.2) is 0 Å². The van der Waals surface area contributed by atoms with Crippen LogP contribution in [0.15, 0.2) is 23.7 Å². The van der Waals surface area contributed by atoms with Crippen LogP contribution in [0.1, 0.15) is 17.3 Å². The predicted molar refractivity (Wildman–Crippen MR) is 80.3 cm³/mol.